The molecular weight excluding hydrogens is 328 g/mol. The zero-order valence-corrected chi connectivity index (χ0v) is 14.5. The van der Waals surface area contributed by atoms with Gasteiger partial charge in [0.2, 0.25) is 0 Å². The summed E-state index contributed by atoms with van der Waals surface area (Å²) in [5.41, 5.74) is 11.9. The topological polar surface area (TPSA) is 131 Å². The maximum absolute atomic E-state index is 12.4. The predicted octanol–water partition coefficient (Wildman–Crippen LogP) is 1.57. The number of aromatic nitrogens is 1. The van der Waals surface area contributed by atoms with E-state index in [1.54, 1.807) is 20.8 Å². The SMILES string of the molecule is CC(C)(C)S(=O)(=O)c1ccc(N=C(N)c2c(N)cc[nH]c2=O)cc1. The van der Waals surface area contributed by atoms with Crippen molar-refractivity contribution in [3.63, 3.8) is 0 Å². The highest BCUT2D eigenvalue weighted by molar-refractivity contribution is 7.92. The lowest BCUT2D eigenvalue weighted by Crippen LogP contribution is -2.27. The van der Waals surface area contributed by atoms with Crippen LogP contribution in [0.15, 0.2) is 51.2 Å². The molecule has 1 aromatic carbocycles. The Morgan fingerprint density at radius 1 is 1.12 bits per heavy atom. The molecule has 1 aromatic heterocycles. The predicted molar refractivity (Wildman–Crippen MR) is 95.2 cm³/mol. The van der Waals surface area contributed by atoms with Gasteiger partial charge in [-0.25, -0.2) is 13.4 Å². The molecule has 2 rings (SSSR count). The summed E-state index contributed by atoms with van der Waals surface area (Å²) in [6.45, 7) is 4.91. The van der Waals surface area contributed by atoms with E-state index in [9.17, 15) is 13.2 Å². The Labute approximate surface area is 140 Å². The number of pyridine rings is 1. The summed E-state index contributed by atoms with van der Waals surface area (Å²) in [6, 6.07) is 7.49. The van der Waals surface area contributed by atoms with E-state index in [-0.39, 0.29) is 22.0 Å². The van der Waals surface area contributed by atoms with E-state index in [1.165, 1.54) is 36.5 Å². The van der Waals surface area contributed by atoms with Crippen LogP contribution < -0.4 is 17.0 Å². The van der Waals surface area contributed by atoms with E-state index in [0.717, 1.165) is 0 Å². The third-order valence-corrected chi connectivity index (χ3v) is 5.96. The summed E-state index contributed by atoms with van der Waals surface area (Å²) in [6.07, 6.45) is 1.42. The summed E-state index contributed by atoms with van der Waals surface area (Å²) in [5.74, 6) is -0.0409. The van der Waals surface area contributed by atoms with Crippen LogP contribution in [0.25, 0.3) is 0 Å². The van der Waals surface area contributed by atoms with Crippen LogP contribution in [0.4, 0.5) is 11.4 Å². The van der Waals surface area contributed by atoms with Crippen molar-refractivity contribution in [2.45, 2.75) is 30.4 Å². The second-order valence-corrected chi connectivity index (χ2v) is 8.95. The minimum atomic E-state index is -3.44. The summed E-state index contributed by atoms with van der Waals surface area (Å²) < 4.78 is 23.9. The lowest BCUT2D eigenvalue weighted by molar-refractivity contribution is 0.560. The van der Waals surface area contributed by atoms with E-state index < -0.39 is 20.1 Å². The molecule has 0 fully saturated rings. The number of sulfone groups is 1. The van der Waals surface area contributed by atoms with Crippen molar-refractivity contribution >= 4 is 27.0 Å². The zero-order chi connectivity index (χ0) is 18.1. The molecule has 5 N–H and O–H groups in total. The molecule has 0 bridgehead atoms. The number of nitrogens with zero attached hydrogens (tertiary/aromatic N) is 1. The van der Waals surface area contributed by atoms with E-state index >= 15 is 0 Å². The van der Waals surface area contributed by atoms with Gasteiger partial charge in [0.05, 0.1) is 15.3 Å². The first kappa shape index (κ1) is 17.7. The van der Waals surface area contributed by atoms with Gasteiger partial charge in [-0.15, -0.1) is 0 Å². The average molecular weight is 348 g/mol. The molecule has 0 amide bonds. The van der Waals surface area contributed by atoms with E-state index in [2.05, 4.69) is 9.98 Å². The Bertz CT molecular complexity index is 937. The molecule has 24 heavy (non-hydrogen) atoms. The van der Waals surface area contributed by atoms with Crippen LogP contribution in [-0.4, -0.2) is 24.0 Å². The van der Waals surface area contributed by atoms with Crippen LogP contribution in [0.2, 0.25) is 0 Å². The first-order valence-electron chi connectivity index (χ1n) is 7.20. The lowest BCUT2D eigenvalue weighted by Gasteiger charge is -2.19. The fourth-order valence-electron chi connectivity index (χ4n) is 2.01. The van der Waals surface area contributed by atoms with Crippen LogP contribution in [0.5, 0.6) is 0 Å². The van der Waals surface area contributed by atoms with Crippen molar-refractivity contribution in [3.8, 4) is 0 Å². The Kier molecular flexibility index (Phi) is 4.52. The third-order valence-electron chi connectivity index (χ3n) is 3.45. The molecule has 0 spiro atoms. The second kappa shape index (κ2) is 6.12. The molecule has 0 aliphatic carbocycles. The van der Waals surface area contributed by atoms with E-state index in [0.29, 0.717) is 5.69 Å². The minimum Gasteiger partial charge on any atom is -0.398 e. The van der Waals surface area contributed by atoms with Gasteiger partial charge in [0, 0.05) is 11.9 Å². The highest BCUT2D eigenvalue weighted by Gasteiger charge is 2.30. The van der Waals surface area contributed by atoms with E-state index in [4.69, 9.17) is 11.5 Å². The van der Waals surface area contributed by atoms with Crippen molar-refractivity contribution in [2.24, 2.45) is 10.7 Å². The number of aliphatic imine (C=N–C) groups is 1. The number of nitrogens with two attached hydrogens (primary N) is 2. The van der Waals surface area contributed by atoms with E-state index in [1.807, 2.05) is 0 Å². The lowest BCUT2D eigenvalue weighted by atomic mass is 10.2. The molecule has 0 aliphatic rings. The number of anilines is 1. The monoisotopic (exact) mass is 348 g/mol. The van der Waals surface area contributed by atoms with Crippen molar-refractivity contribution in [1.82, 2.24) is 4.98 Å². The number of H-pyrrole nitrogens is 1. The van der Waals surface area contributed by atoms with Crippen LogP contribution in [-0.2, 0) is 9.84 Å². The average Bonchev–Trinajstić information content (AvgIpc) is 2.46. The van der Waals surface area contributed by atoms with Crippen LogP contribution in [0.1, 0.15) is 26.3 Å². The molecule has 128 valence electrons. The molecule has 7 nitrogen and oxygen atoms in total. The number of rotatable bonds is 3. The maximum Gasteiger partial charge on any atom is 0.261 e. The number of amidine groups is 1. The summed E-state index contributed by atoms with van der Waals surface area (Å²) in [5, 5.41) is 0. The highest BCUT2D eigenvalue weighted by atomic mass is 32.2. The Balaban J connectivity index is 2.41. The molecule has 0 radical (unpaired) electrons. The Morgan fingerprint density at radius 3 is 2.21 bits per heavy atom. The molecule has 0 saturated heterocycles. The van der Waals surface area contributed by atoms with Gasteiger partial charge >= 0.3 is 0 Å². The smallest absolute Gasteiger partial charge is 0.261 e. The maximum atomic E-state index is 12.4. The van der Waals surface area contributed by atoms with Gasteiger partial charge in [-0.2, -0.15) is 0 Å². The Morgan fingerprint density at radius 2 is 1.71 bits per heavy atom. The summed E-state index contributed by atoms with van der Waals surface area (Å²) in [7, 11) is -3.44. The van der Waals surface area contributed by atoms with Gasteiger partial charge in [-0.1, -0.05) is 0 Å². The molecule has 0 atom stereocenters. The third kappa shape index (κ3) is 3.33. The first-order valence-corrected chi connectivity index (χ1v) is 8.69. The normalized spacial score (nSPS) is 13.0. The first-order chi connectivity index (χ1) is 11.0. The number of nitrogens with one attached hydrogen (secondary N) is 1. The van der Waals surface area contributed by atoms with Crippen molar-refractivity contribution in [2.75, 3.05) is 5.73 Å². The van der Waals surface area contributed by atoms with Crippen molar-refractivity contribution < 1.29 is 8.42 Å². The van der Waals surface area contributed by atoms with Crippen molar-refractivity contribution in [3.05, 3.63) is 52.4 Å². The van der Waals surface area contributed by atoms with Gasteiger partial charge in [-0.05, 0) is 51.1 Å². The summed E-state index contributed by atoms with van der Waals surface area (Å²) >= 11 is 0. The number of nitrogen functional groups attached to an aromatic ring is 1. The molecule has 2 aromatic rings. The van der Waals surface area contributed by atoms with Gasteiger partial charge in [-0.3, -0.25) is 4.79 Å². The number of hydrogen-bond donors (Lipinski definition) is 3. The van der Waals surface area contributed by atoms with Crippen molar-refractivity contribution in [1.29, 1.82) is 0 Å². The zero-order valence-electron chi connectivity index (χ0n) is 13.7. The fraction of sp³-hybridized carbons (Fsp3) is 0.250. The van der Waals surface area contributed by atoms with Gasteiger partial charge in [0.1, 0.15) is 11.4 Å². The van der Waals surface area contributed by atoms with Crippen LogP contribution in [0, 0.1) is 0 Å². The minimum absolute atomic E-state index is 0.0409. The molecule has 8 heteroatoms. The number of aromatic amines is 1. The Hall–Kier alpha value is -2.61. The highest BCUT2D eigenvalue weighted by Crippen LogP contribution is 2.26. The summed E-state index contributed by atoms with van der Waals surface area (Å²) in [4.78, 5) is 18.6. The molecule has 1 heterocycles. The molecule has 0 saturated carbocycles. The van der Waals surface area contributed by atoms with Crippen LogP contribution in [0.3, 0.4) is 0 Å². The largest absolute Gasteiger partial charge is 0.398 e. The van der Waals surface area contributed by atoms with Gasteiger partial charge in [0.15, 0.2) is 9.84 Å². The van der Waals surface area contributed by atoms with Gasteiger partial charge in [0.25, 0.3) is 5.56 Å². The van der Waals surface area contributed by atoms with Crippen LogP contribution >= 0.6 is 0 Å². The number of hydrogen-bond acceptors (Lipinski definition) is 5. The number of benzene rings is 1. The standard InChI is InChI=1S/C16H20N4O3S/c1-16(2,3)24(22,23)11-6-4-10(5-7-11)20-14(18)13-12(17)8-9-19-15(13)21/h4-9H,1-3H3,(H2,18,20)(H3,17,19,21). The van der Waals surface area contributed by atoms with Gasteiger partial charge < -0.3 is 16.5 Å². The molecule has 0 aliphatic heterocycles. The molecule has 0 unspecified atom stereocenters. The second-order valence-electron chi connectivity index (χ2n) is 6.24. The molecular formula is C16H20N4O3S. The quantitative estimate of drug-likeness (QED) is 0.572. The fourth-order valence-corrected chi connectivity index (χ4v) is 3.21.